The van der Waals surface area contributed by atoms with Crippen LogP contribution in [-0.4, -0.2) is 66.3 Å². The van der Waals surface area contributed by atoms with Gasteiger partial charge in [0.05, 0.1) is 19.1 Å². The number of nitrogens with zero attached hydrogens (tertiary/aromatic N) is 8. The maximum Gasteiger partial charge on any atom is 0.226 e. The zero-order valence-electron chi connectivity index (χ0n) is 14.1. The van der Waals surface area contributed by atoms with Crippen LogP contribution >= 0.6 is 0 Å². The van der Waals surface area contributed by atoms with E-state index in [0.717, 1.165) is 63.8 Å². The summed E-state index contributed by atoms with van der Waals surface area (Å²) in [6.07, 6.45) is 4.33. The van der Waals surface area contributed by atoms with E-state index in [-0.39, 0.29) is 0 Å². The predicted molar refractivity (Wildman–Crippen MR) is 84.9 cm³/mol. The molecule has 2 aliphatic rings. The molecule has 0 bridgehead atoms. The van der Waals surface area contributed by atoms with Crippen LogP contribution in [0.25, 0.3) is 0 Å². The Bertz CT molecular complexity index is 664. The lowest BCUT2D eigenvalue weighted by atomic mass is 10.3. The minimum absolute atomic E-state index is 0.532. The summed E-state index contributed by atoms with van der Waals surface area (Å²) < 4.78 is 7.20. The van der Waals surface area contributed by atoms with Crippen molar-refractivity contribution in [3.63, 3.8) is 0 Å². The van der Waals surface area contributed by atoms with E-state index < -0.39 is 0 Å². The predicted octanol–water partition coefficient (Wildman–Crippen LogP) is 0.661. The Morgan fingerprint density at radius 3 is 2.58 bits per heavy atom. The Morgan fingerprint density at radius 1 is 1.08 bits per heavy atom. The highest BCUT2D eigenvalue weighted by atomic mass is 16.5. The molecule has 3 heterocycles. The SMILES string of the molecule is CCc1nc(CN2CCCN(Cc3nnnn3C3CC3)CC2)no1. The molecular formula is C15H24N8O. The Kier molecular flexibility index (Phi) is 4.52. The summed E-state index contributed by atoms with van der Waals surface area (Å²) in [6.45, 7) is 7.75. The summed E-state index contributed by atoms with van der Waals surface area (Å²) >= 11 is 0. The monoisotopic (exact) mass is 332 g/mol. The Morgan fingerprint density at radius 2 is 1.88 bits per heavy atom. The third-order valence-corrected chi connectivity index (χ3v) is 4.68. The first kappa shape index (κ1) is 15.6. The second-order valence-electron chi connectivity index (χ2n) is 6.63. The van der Waals surface area contributed by atoms with E-state index >= 15 is 0 Å². The van der Waals surface area contributed by atoms with E-state index in [0.29, 0.717) is 11.9 Å². The van der Waals surface area contributed by atoms with Crippen molar-refractivity contribution in [3.05, 3.63) is 17.5 Å². The summed E-state index contributed by atoms with van der Waals surface area (Å²) in [4.78, 5) is 9.25. The van der Waals surface area contributed by atoms with Crippen LogP contribution in [0, 0.1) is 0 Å². The lowest BCUT2D eigenvalue weighted by Crippen LogP contribution is -2.31. The van der Waals surface area contributed by atoms with E-state index in [2.05, 4.69) is 35.5 Å². The van der Waals surface area contributed by atoms with E-state index in [1.807, 2.05) is 11.6 Å². The summed E-state index contributed by atoms with van der Waals surface area (Å²) in [5.74, 6) is 2.50. The molecular weight excluding hydrogens is 308 g/mol. The van der Waals surface area contributed by atoms with Crippen molar-refractivity contribution >= 4 is 0 Å². The summed E-state index contributed by atoms with van der Waals surface area (Å²) in [5.41, 5.74) is 0. The Labute approximate surface area is 141 Å². The second-order valence-corrected chi connectivity index (χ2v) is 6.63. The fraction of sp³-hybridized carbons (Fsp3) is 0.800. The van der Waals surface area contributed by atoms with Crippen LogP contribution in [0.15, 0.2) is 4.52 Å². The third kappa shape index (κ3) is 3.62. The van der Waals surface area contributed by atoms with Crippen LogP contribution in [0.4, 0.5) is 0 Å². The van der Waals surface area contributed by atoms with Gasteiger partial charge < -0.3 is 4.52 Å². The number of aromatic nitrogens is 6. The normalized spacial score (nSPS) is 20.4. The molecule has 9 heteroatoms. The molecule has 2 aromatic rings. The molecule has 24 heavy (non-hydrogen) atoms. The number of tetrazole rings is 1. The highest BCUT2D eigenvalue weighted by Crippen LogP contribution is 2.34. The Hall–Kier alpha value is -1.87. The van der Waals surface area contributed by atoms with Crippen molar-refractivity contribution in [2.75, 3.05) is 26.2 Å². The first-order valence-electron chi connectivity index (χ1n) is 8.84. The fourth-order valence-electron chi connectivity index (χ4n) is 3.16. The number of hydrogen-bond donors (Lipinski definition) is 0. The zero-order valence-corrected chi connectivity index (χ0v) is 14.1. The van der Waals surface area contributed by atoms with Crippen molar-refractivity contribution in [2.45, 2.75) is 51.7 Å². The molecule has 1 saturated heterocycles. The lowest BCUT2D eigenvalue weighted by Gasteiger charge is -2.20. The van der Waals surface area contributed by atoms with Gasteiger partial charge in [0, 0.05) is 19.5 Å². The first-order chi connectivity index (χ1) is 11.8. The smallest absolute Gasteiger partial charge is 0.226 e. The molecule has 1 saturated carbocycles. The van der Waals surface area contributed by atoms with Gasteiger partial charge in [-0.2, -0.15) is 4.98 Å². The topological polar surface area (TPSA) is 89.0 Å². The molecule has 0 radical (unpaired) electrons. The molecule has 9 nitrogen and oxygen atoms in total. The molecule has 0 spiro atoms. The minimum atomic E-state index is 0.532. The maximum atomic E-state index is 5.20. The number of aryl methyl sites for hydroxylation is 1. The van der Waals surface area contributed by atoms with Crippen LogP contribution in [-0.2, 0) is 19.5 Å². The van der Waals surface area contributed by atoms with Gasteiger partial charge in [0.15, 0.2) is 11.6 Å². The molecule has 0 N–H and O–H groups in total. The maximum absolute atomic E-state index is 5.20. The van der Waals surface area contributed by atoms with Crippen LogP contribution in [0.3, 0.4) is 0 Å². The van der Waals surface area contributed by atoms with Gasteiger partial charge in [-0.25, -0.2) is 4.68 Å². The largest absolute Gasteiger partial charge is 0.339 e. The molecule has 1 aliphatic heterocycles. The first-order valence-corrected chi connectivity index (χ1v) is 8.84. The molecule has 0 aromatic carbocycles. The van der Waals surface area contributed by atoms with Gasteiger partial charge in [0.2, 0.25) is 5.89 Å². The van der Waals surface area contributed by atoms with E-state index in [9.17, 15) is 0 Å². The molecule has 0 unspecified atom stereocenters. The van der Waals surface area contributed by atoms with E-state index in [4.69, 9.17) is 4.52 Å². The van der Waals surface area contributed by atoms with Crippen molar-refractivity contribution in [3.8, 4) is 0 Å². The highest BCUT2D eigenvalue weighted by Gasteiger charge is 2.28. The van der Waals surface area contributed by atoms with Gasteiger partial charge in [-0.3, -0.25) is 9.80 Å². The van der Waals surface area contributed by atoms with Gasteiger partial charge >= 0.3 is 0 Å². The molecule has 2 aromatic heterocycles. The summed E-state index contributed by atoms with van der Waals surface area (Å²) in [7, 11) is 0. The molecule has 130 valence electrons. The highest BCUT2D eigenvalue weighted by molar-refractivity contribution is 4.91. The van der Waals surface area contributed by atoms with Gasteiger partial charge in [0.25, 0.3) is 0 Å². The fourth-order valence-corrected chi connectivity index (χ4v) is 3.16. The van der Waals surface area contributed by atoms with Crippen LogP contribution < -0.4 is 0 Å². The molecule has 2 fully saturated rings. The van der Waals surface area contributed by atoms with Gasteiger partial charge in [0.1, 0.15) is 0 Å². The Balaban J connectivity index is 1.31. The second kappa shape index (κ2) is 6.94. The molecule has 0 atom stereocenters. The van der Waals surface area contributed by atoms with Gasteiger partial charge in [-0.15, -0.1) is 5.10 Å². The van der Waals surface area contributed by atoms with E-state index in [1.165, 1.54) is 12.8 Å². The van der Waals surface area contributed by atoms with Crippen molar-refractivity contribution < 1.29 is 4.52 Å². The zero-order chi connectivity index (χ0) is 16.4. The lowest BCUT2D eigenvalue weighted by molar-refractivity contribution is 0.235. The molecule has 4 rings (SSSR count). The number of hydrogen-bond acceptors (Lipinski definition) is 8. The van der Waals surface area contributed by atoms with Crippen molar-refractivity contribution in [1.82, 2.24) is 40.1 Å². The number of rotatable bonds is 6. The third-order valence-electron chi connectivity index (χ3n) is 4.68. The average molecular weight is 332 g/mol. The van der Waals surface area contributed by atoms with Gasteiger partial charge in [-0.1, -0.05) is 12.1 Å². The standard InChI is InChI=1S/C15H24N8O/c1-2-15-16-13(18-24-15)10-21-6-3-7-22(9-8-21)11-14-17-19-20-23(14)12-4-5-12/h12H,2-11H2,1H3. The average Bonchev–Trinajstić information content (AvgIpc) is 3.23. The summed E-state index contributed by atoms with van der Waals surface area (Å²) in [5, 5.41) is 16.3. The van der Waals surface area contributed by atoms with E-state index in [1.54, 1.807) is 0 Å². The minimum Gasteiger partial charge on any atom is -0.339 e. The quantitative estimate of drug-likeness (QED) is 0.762. The van der Waals surface area contributed by atoms with Crippen molar-refractivity contribution in [1.29, 1.82) is 0 Å². The molecule has 1 aliphatic carbocycles. The van der Waals surface area contributed by atoms with Crippen LogP contribution in [0.5, 0.6) is 0 Å². The van der Waals surface area contributed by atoms with Crippen LogP contribution in [0.1, 0.15) is 49.8 Å². The van der Waals surface area contributed by atoms with Crippen molar-refractivity contribution in [2.24, 2.45) is 0 Å². The van der Waals surface area contributed by atoms with Crippen LogP contribution in [0.2, 0.25) is 0 Å². The van der Waals surface area contributed by atoms with Gasteiger partial charge in [-0.05, 0) is 42.8 Å². The molecule has 0 amide bonds. The summed E-state index contributed by atoms with van der Waals surface area (Å²) in [6, 6.07) is 0.532.